The summed E-state index contributed by atoms with van der Waals surface area (Å²) in [5.41, 5.74) is 0.456. The molecule has 4 nitrogen and oxygen atoms in total. The summed E-state index contributed by atoms with van der Waals surface area (Å²) in [5, 5.41) is 3.87. The Morgan fingerprint density at radius 3 is 2.39 bits per heavy atom. The number of carbonyl (C=O) groups is 1. The number of carbonyl (C=O) groups excluding carboxylic acids is 1. The van der Waals surface area contributed by atoms with Gasteiger partial charge in [-0.05, 0) is 38.6 Å². The lowest BCUT2D eigenvalue weighted by atomic mass is 10.0. The highest BCUT2D eigenvalue weighted by Crippen LogP contribution is 2.23. The molecule has 1 aliphatic rings. The quantitative estimate of drug-likeness (QED) is 0.879. The van der Waals surface area contributed by atoms with Gasteiger partial charge in [0.25, 0.3) is 5.91 Å². The third kappa shape index (κ3) is 4.83. The van der Waals surface area contributed by atoms with Gasteiger partial charge in [0.1, 0.15) is 0 Å². The van der Waals surface area contributed by atoms with Crippen molar-refractivity contribution in [1.82, 2.24) is 15.1 Å². The lowest BCUT2D eigenvalue weighted by molar-refractivity contribution is 0.0521. The molecular formula is C17H25Cl2N3O. The first-order valence-corrected chi connectivity index (χ1v) is 8.80. The summed E-state index contributed by atoms with van der Waals surface area (Å²) < 4.78 is 0. The van der Waals surface area contributed by atoms with Crippen molar-refractivity contribution in [3.8, 4) is 0 Å². The van der Waals surface area contributed by atoms with E-state index in [4.69, 9.17) is 23.2 Å². The van der Waals surface area contributed by atoms with Crippen molar-refractivity contribution >= 4 is 29.1 Å². The molecule has 1 aromatic carbocycles. The van der Waals surface area contributed by atoms with E-state index in [0.29, 0.717) is 22.2 Å². The first kappa shape index (κ1) is 18.5. The smallest absolute Gasteiger partial charge is 0.251 e. The summed E-state index contributed by atoms with van der Waals surface area (Å²) >= 11 is 11.9. The minimum Gasteiger partial charge on any atom is -0.350 e. The summed E-state index contributed by atoms with van der Waals surface area (Å²) in [7, 11) is 0. The summed E-state index contributed by atoms with van der Waals surface area (Å²) in [6, 6.07) is 4.94. The van der Waals surface area contributed by atoms with Crippen LogP contribution in [0.1, 0.15) is 31.1 Å². The molecule has 0 saturated carbocycles. The van der Waals surface area contributed by atoms with Crippen LogP contribution in [-0.2, 0) is 0 Å². The Morgan fingerprint density at radius 1 is 1.17 bits per heavy atom. The molecule has 1 amide bonds. The monoisotopic (exact) mass is 357 g/mol. The highest BCUT2D eigenvalue weighted by molar-refractivity contribution is 6.42. The van der Waals surface area contributed by atoms with E-state index in [-0.39, 0.29) is 11.4 Å². The molecule has 0 aromatic heterocycles. The molecule has 1 aromatic rings. The van der Waals surface area contributed by atoms with Gasteiger partial charge in [-0.1, -0.05) is 30.1 Å². The van der Waals surface area contributed by atoms with E-state index >= 15 is 0 Å². The fourth-order valence-corrected chi connectivity index (χ4v) is 3.12. The lowest BCUT2D eigenvalue weighted by Crippen LogP contribution is -2.58. The van der Waals surface area contributed by atoms with E-state index in [1.54, 1.807) is 18.2 Å². The highest BCUT2D eigenvalue weighted by Gasteiger charge is 2.30. The number of hydrogen-bond donors (Lipinski definition) is 1. The molecule has 0 radical (unpaired) electrons. The number of likely N-dealkylation sites (N-methyl/N-ethyl adjacent to an activating group) is 1. The average Bonchev–Trinajstić information content (AvgIpc) is 2.55. The van der Waals surface area contributed by atoms with E-state index in [1.807, 2.05) is 0 Å². The van der Waals surface area contributed by atoms with Crippen molar-refractivity contribution in [3.05, 3.63) is 33.8 Å². The second-order valence-corrected chi connectivity index (χ2v) is 7.36. The van der Waals surface area contributed by atoms with Crippen molar-refractivity contribution in [3.63, 3.8) is 0 Å². The van der Waals surface area contributed by atoms with Gasteiger partial charge in [0.2, 0.25) is 0 Å². The van der Waals surface area contributed by atoms with Crippen LogP contribution in [0.25, 0.3) is 0 Å². The Labute approximate surface area is 148 Å². The van der Waals surface area contributed by atoms with Crippen molar-refractivity contribution < 1.29 is 4.79 Å². The minimum atomic E-state index is -0.121. The Hall–Kier alpha value is -0.810. The molecule has 1 saturated heterocycles. The van der Waals surface area contributed by atoms with Gasteiger partial charge in [-0.3, -0.25) is 9.69 Å². The number of halogens is 2. The average molecular weight is 358 g/mol. The number of piperazine rings is 1. The molecule has 0 aliphatic carbocycles. The lowest BCUT2D eigenvalue weighted by Gasteiger charge is -2.44. The number of hydrogen-bond acceptors (Lipinski definition) is 3. The van der Waals surface area contributed by atoms with Crippen LogP contribution in [0.2, 0.25) is 10.0 Å². The van der Waals surface area contributed by atoms with Crippen molar-refractivity contribution in [2.24, 2.45) is 0 Å². The second kappa shape index (κ2) is 7.84. The van der Waals surface area contributed by atoms with E-state index in [1.165, 1.54) is 0 Å². The first-order valence-electron chi connectivity index (χ1n) is 8.04. The van der Waals surface area contributed by atoms with Gasteiger partial charge >= 0.3 is 0 Å². The van der Waals surface area contributed by atoms with Crippen LogP contribution in [0.4, 0.5) is 0 Å². The number of benzene rings is 1. The molecule has 6 heteroatoms. The molecule has 1 N–H and O–H groups in total. The van der Waals surface area contributed by atoms with Gasteiger partial charge in [0.05, 0.1) is 10.0 Å². The summed E-state index contributed by atoms with van der Waals surface area (Å²) in [5.74, 6) is -0.121. The maximum atomic E-state index is 12.3. The second-order valence-electron chi connectivity index (χ2n) is 6.55. The van der Waals surface area contributed by atoms with Gasteiger partial charge in [-0.15, -0.1) is 0 Å². The minimum absolute atomic E-state index is 0.0777. The van der Waals surface area contributed by atoms with Gasteiger partial charge < -0.3 is 10.2 Å². The van der Waals surface area contributed by atoms with E-state index in [2.05, 4.69) is 35.9 Å². The van der Waals surface area contributed by atoms with E-state index < -0.39 is 0 Å². The molecule has 23 heavy (non-hydrogen) atoms. The van der Waals surface area contributed by atoms with Crippen molar-refractivity contribution in [1.29, 1.82) is 0 Å². The zero-order chi connectivity index (χ0) is 17.0. The Balaban J connectivity index is 1.90. The predicted octanol–water partition coefficient (Wildman–Crippen LogP) is 3.14. The Kier molecular flexibility index (Phi) is 6.32. The third-order valence-corrected chi connectivity index (χ3v) is 5.28. The van der Waals surface area contributed by atoms with Crippen molar-refractivity contribution in [2.75, 3.05) is 39.3 Å². The third-order valence-electron chi connectivity index (χ3n) is 4.54. The number of rotatable bonds is 5. The molecule has 1 aliphatic heterocycles. The van der Waals surface area contributed by atoms with Crippen molar-refractivity contribution in [2.45, 2.75) is 26.3 Å². The zero-order valence-corrected chi connectivity index (χ0v) is 15.5. The predicted molar refractivity (Wildman–Crippen MR) is 96.6 cm³/mol. The molecular weight excluding hydrogens is 333 g/mol. The van der Waals surface area contributed by atoms with Crippen LogP contribution in [0.5, 0.6) is 0 Å². The number of amides is 1. The van der Waals surface area contributed by atoms with Crippen LogP contribution in [-0.4, -0.2) is 60.5 Å². The van der Waals surface area contributed by atoms with Crippen LogP contribution < -0.4 is 5.32 Å². The highest BCUT2D eigenvalue weighted by atomic mass is 35.5. The summed E-state index contributed by atoms with van der Waals surface area (Å²) in [6.07, 6.45) is 0. The molecule has 1 heterocycles. The van der Waals surface area contributed by atoms with Gasteiger partial charge in [0.15, 0.2) is 0 Å². The zero-order valence-electron chi connectivity index (χ0n) is 14.0. The van der Waals surface area contributed by atoms with E-state index in [0.717, 1.165) is 32.7 Å². The van der Waals surface area contributed by atoms with Gasteiger partial charge in [-0.25, -0.2) is 0 Å². The van der Waals surface area contributed by atoms with Crippen LogP contribution >= 0.6 is 23.2 Å². The van der Waals surface area contributed by atoms with Gasteiger partial charge in [-0.2, -0.15) is 0 Å². The van der Waals surface area contributed by atoms with Crippen LogP contribution in [0.15, 0.2) is 18.2 Å². The maximum Gasteiger partial charge on any atom is 0.251 e. The molecule has 0 bridgehead atoms. The number of nitrogens with zero attached hydrogens (tertiary/aromatic N) is 2. The summed E-state index contributed by atoms with van der Waals surface area (Å²) in [6.45, 7) is 12.5. The van der Waals surface area contributed by atoms with Gasteiger partial charge in [0, 0.05) is 43.8 Å². The molecule has 0 spiro atoms. The van der Waals surface area contributed by atoms with Crippen LogP contribution in [0.3, 0.4) is 0 Å². The Bertz CT molecular complexity index is 555. The SMILES string of the molecule is CCN1CCN(C(C)(C)CNC(=O)c2ccc(Cl)c(Cl)c2)CC1. The standard InChI is InChI=1S/C17H25Cl2N3O/c1-4-21-7-9-22(10-8-21)17(2,3)12-20-16(23)13-5-6-14(18)15(19)11-13/h5-6,11H,4,7-10,12H2,1-3H3,(H,20,23). The fourth-order valence-electron chi connectivity index (χ4n) is 2.82. The van der Waals surface area contributed by atoms with Crippen LogP contribution in [0, 0.1) is 0 Å². The largest absolute Gasteiger partial charge is 0.350 e. The maximum absolute atomic E-state index is 12.3. The molecule has 0 unspecified atom stereocenters. The first-order chi connectivity index (χ1) is 10.8. The number of nitrogens with one attached hydrogen (secondary N) is 1. The topological polar surface area (TPSA) is 35.6 Å². The Morgan fingerprint density at radius 2 is 1.83 bits per heavy atom. The molecule has 2 rings (SSSR count). The van der Waals surface area contributed by atoms with E-state index in [9.17, 15) is 4.79 Å². The fraction of sp³-hybridized carbons (Fsp3) is 0.588. The molecule has 128 valence electrons. The normalized spacial score (nSPS) is 17.3. The molecule has 1 fully saturated rings. The summed E-state index contributed by atoms with van der Waals surface area (Å²) in [4.78, 5) is 17.2. The molecule has 0 atom stereocenters.